The summed E-state index contributed by atoms with van der Waals surface area (Å²) in [6.07, 6.45) is 0. The Kier molecular flexibility index (Phi) is 9.84. The topological polar surface area (TPSA) is 65.5 Å². The fraction of sp³-hybridized carbons (Fsp3) is 0.300. The lowest BCUT2D eigenvalue weighted by Crippen LogP contribution is -2.42. The number of carbonyl (C=O) groups excluding carboxylic acids is 1. The molecule has 0 saturated carbocycles. The van der Waals surface area contributed by atoms with E-state index in [9.17, 15) is 13.6 Å². The molecule has 5 nitrogen and oxygen atoms in total. The third-order valence-corrected chi connectivity index (χ3v) is 4.09. The van der Waals surface area contributed by atoms with Crippen LogP contribution in [-0.4, -0.2) is 32.0 Å². The summed E-state index contributed by atoms with van der Waals surface area (Å²) in [7, 11) is 1.62. The predicted octanol–water partition coefficient (Wildman–Crippen LogP) is 3.55. The second kappa shape index (κ2) is 11.6. The third-order valence-electron chi connectivity index (χ3n) is 4.09. The molecule has 0 fully saturated rings. The first-order chi connectivity index (χ1) is 12.9. The van der Waals surface area contributed by atoms with Gasteiger partial charge in [-0.1, -0.05) is 24.3 Å². The van der Waals surface area contributed by atoms with Gasteiger partial charge in [-0.05, 0) is 43.2 Å². The summed E-state index contributed by atoms with van der Waals surface area (Å²) < 4.78 is 27.3. The second-order valence-corrected chi connectivity index (χ2v) is 6.11. The number of nitrogens with zero attached hydrogens (tertiary/aromatic N) is 1. The number of hydrogen-bond donors (Lipinski definition) is 3. The van der Waals surface area contributed by atoms with Crippen molar-refractivity contribution in [2.75, 3.05) is 20.1 Å². The molecule has 28 heavy (non-hydrogen) atoms. The lowest BCUT2D eigenvalue weighted by atomic mass is 10.1. The molecule has 1 amide bonds. The molecule has 1 atom stereocenters. The number of aliphatic imine (C=N–C) groups is 1. The van der Waals surface area contributed by atoms with Crippen molar-refractivity contribution in [3.8, 4) is 0 Å². The summed E-state index contributed by atoms with van der Waals surface area (Å²) >= 11 is 0. The molecule has 0 aliphatic carbocycles. The molecule has 0 aromatic heterocycles. The van der Waals surface area contributed by atoms with Crippen molar-refractivity contribution in [1.82, 2.24) is 16.0 Å². The van der Waals surface area contributed by atoms with Crippen LogP contribution in [0.2, 0.25) is 0 Å². The fourth-order valence-corrected chi connectivity index (χ4v) is 2.46. The Morgan fingerprint density at radius 1 is 1.07 bits per heavy atom. The van der Waals surface area contributed by atoms with E-state index in [4.69, 9.17) is 0 Å². The summed E-state index contributed by atoms with van der Waals surface area (Å²) in [6.45, 7) is 4.31. The molecule has 2 aromatic rings. The second-order valence-electron chi connectivity index (χ2n) is 6.11. The minimum absolute atomic E-state index is 0. The van der Waals surface area contributed by atoms with Crippen LogP contribution in [0.1, 0.15) is 34.5 Å². The molecule has 0 heterocycles. The average Bonchev–Trinajstić information content (AvgIpc) is 2.66. The minimum atomic E-state index is -0.556. The zero-order chi connectivity index (χ0) is 19.8. The molecule has 0 bridgehead atoms. The summed E-state index contributed by atoms with van der Waals surface area (Å²) in [5.41, 5.74) is 1.41. The highest BCUT2D eigenvalue weighted by atomic mass is 127. The number of halogens is 3. The van der Waals surface area contributed by atoms with Gasteiger partial charge >= 0.3 is 0 Å². The number of nitrogens with one attached hydrogen (secondary N) is 3. The monoisotopic (exact) mass is 502 g/mol. The largest absolute Gasteiger partial charge is 0.355 e. The Balaban J connectivity index is 0.00000392. The predicted molar refractivity (Wildman–Crippen MR) is 118 cm³/mol. The van der Waals surface area contributed by atoms with E-state index in [1.807, 2.05) is 13.0 Å². The van der Waals surface area contributed by atoms with E-state index in [1.54, 1.807) is 26.1 Å². The molecule has 1 unspecified atom stereocenters. The van der Waals surface area contributed by atoms with Crippen LogP contribution in [0.4, 0.5) is 8.78 Å². The van der Waals surface area contributed by atoms with Gasteiger partial charge < -0.3 is 16.0 Å². The molecular weight excluding hydrogens is 477 g/mol. The Bertz CT molecular complexity index is 830. The molecule has 152 valence electrons. The number of guanidine groups is 1. The SMILES string of the molecule is CN=C(NCCNC(=O)c1ccccc1F)NC(C)c1ccc(C)c(F)c1.I. The van der Waals surface area contributed by atoms with E-state index in [0.29, 0.717) is 24.6 Å². The quantitative estimate of drug-likeness (QED) is 0.245. The smallest absolute Gasteiger partial charge is 0.254 e. The average molecular weight is 502 g/mol. The van der Waals surface area contributed by atoms with E-state index in [-0.39, 0.29) is 41.4 Å². The maximum Gasteiger partial charge on any atom is 0.254 e. The van der Waals surface area contributed by atoms with Gasteiger partial charge in [0.05, 0.1) is 11.6 Å². The highest BCUT2D eigenvalue weighted by Gasteiger charge is 2.11. The van der Waals surface area contributed by atoms with Crippen LogP contribution < -0.4 is 16.0 Å². The maximum absolute atomic E-state index is 13.7. The number of carbonyl (C=O) groups is 1. The zero-order valence-electron chi connectivity index (χ0n) is 16.1. The highest BCUT2D eigenvalue weighted by molar-refractivity contribution is 14.0. The summed E-state index contributed by atoms with van der Waals surface area (Å²) in [5, 5.41) is 8.86. The number of aryl methyl sites for hydroxylation is 1. The minimum Gasteiger partial charge on any atom is -0.355 e. The van der Waals surface area contributed by atoms with Crippen molar-refractivity contribution in [3.63, 3.8) is 0 Å². The van der Waals surface area contributed by atoms with Gasteiger partial charge in [0.2, 0.25) is 0 Å². The molecule has 0 radical (unpaired) electrons. The van der Waals surface area contributed by atoms with Crippen molar-refractivity contribution >= 4 is 35.8 Å². The summed E-state index contributed by atoms with van der Waals surface area (Å²) in [5.74, 6) is -0.760. The van der Waals surface area contributed by atoms with Crippen LogP contribution in [-0.2, 0) is 0 Å². The first-order valence-corrected chi connectivity index (χ1v) is 8.68. The molecule has 8 heteroatoms. The van der Waals surface area contributed by atoms with Crippen LogP contribution in [0.3, 0.4) is 0 Å². The van der Waals surface area contributed by atoms with Crippen molar-refractivity contribution < 1.29 is 13.6 Å². The van der Waals surface area contributed by atoms with Gasteiger partial charge in [-0.15, -0.1) is 24.0 Å². The van der Waals surface area contributed by atoms with Crippen LogP contribution >= 0.6 is 24.0 Å². The van der Waals surface area contributed by atoms with E-state index in [1.165, 1.54) is 24.3 Å². The van der Waals surface area contributed by atoms with Crippen LogP contribution in [0.25, 0.3) is 0 Å². The van der Waals surface area contributed by atoms with Gasteiger partial charge in [-0.25, -0.2) is 8.78 Å². The standard InChI is InChI=1S/C20H24F2N4O.HI/c1-13-8-9-15(12-18(13)22)14(2)26-20(23-3)25-11-10-24-19(27)16-6-4-5-7-17(16)21;/h4-9,12,14H,10-11H2,1-3H3,(H,24,27)(H2,23,25,26);1H. The van der Waals surface area contributed by atoms with E-state index >= 15 is 0 Å². The van der Waals surface area contributed by atoms with Crippen LogP contribution in [0, 0.1) is 18.6 Å². The third kappa shape index (κ3) is 6.74. The Morgan fingerprint density at radius 3 is 2.39 bits per heavy atom. The van der Waals surface area contributed by atoms with Crippen molar-refractivity contribution in [1.29, 1.82) is 0 Å². The van der Waals surface area contributed by atoms with Crippen LogP contribution in [0.5, 0.6) is 0 Å². The Hall–Kier alpha value is -2.23. The van der Waals surface area contributed by atoms with Crippen molar-refractivity contribution in [3.05, 3.63) is 70.8 Å². The van der Waals surface area contributed by atoms with Gasteiger partial charge in [-0.2, -0.15) is 0 Å². The van der Waals surface area contributed by atoms with Gasteiger partial charge in [0.1, 0.15) is 11.6 Å². The molecule has 0 spiro atoms. The maximum atomic E-state index is 13.7. The molecule has 0 aliphatic heterocycles. The molecule has 3 N–H and O–H groups in total. The highest BCUT2D eigenvalue weighted by Crippen LogP contribution is 2.16. The van der Waals surface area contributed by atoms with Gasteiger partial charge in [-0.3, -0.25) is 9.79 Å². The van der Waals surface area contributed by atoms with Crippen molar-refractivity contribution in [2.24, 2.45) is 4.99 Å². The molecule has 2 aromatic carbocycles. The number of benzene rings is 2. The normalized spacial score (nSPS) is 12.0. The Morgan fingerprint density at radius 2 is 1.75 bits per heavy atom. The summed E-state index contributed by atoms with van der Waals surface area (Å²) in [4.78, 5) is 16.1. The molecular formula is C20H25F2IN4O. The molecule has 2 rings (SSSR count). The van der Waals surface area contributed by atoms with Gasteiger partial charge in [0.25, 0.3) is 5.91 Å². The summed E-state index contributed by atoms with van der Waals surface area (Å²) in [6, 6.07) is 10.8. The van der Waals surface area contributed by atoms with E-state index in [0.717, 1.165) is 5.56 Å². The Labute approximate surface area is 181 Å². The molecule has 0 saturated heterocycles. The number of rotatable bonds is 6. The zero-order valence-corrected chi connectivity index (χ0v) is 18.4. The number of hydrogen-bond acceptors (Lipinski definition) is 2. The van der Waals surface area contributed by atoms with E-state index < -0.39 is 11.7 Å². The van der Waals surface area contributed by atoms with Gasteiger partial charge in [0.15, 0.2) is 5.96 Å². The van der Waals surface area contributed by atoms with E-state index in [2.05, 4.69) is 20.9 Å². The van der Waals surface area contributed by atoms with Crippen molar-refractivity contribution in [2.45, 2.75) is 19.9 Å². The first kappa shape index (κ1) is 23.8. The lowest BCUT2D eigenvalue weighted by Gasteiger charge is -2.19. The molecule has 0 aliphatic rings. The first-order valence-electron chi connectivity index (χ1n) is 8.68. The fourth-order valence-electron chi connectivity index (χ4n) is 2.46. The van der Waals surface area contributed by atoms with Gasteiger partial charge in [0, 0.05) is 20.1 Å². The van der Waals surface area contributed by atoms with Crippen LogP contribution in [0.15, 0.2) is 47.5 Å². The number of amides is 1. The lowest BCUT2D eigenvalue weighted by molar-refractivity contribution is 0.0950.